The van der Waals surface area contributed by atoms with Crippen LogP contribution in [0.4, 0.5) is 13.2 Å². The molecule has 140 valence electrons. The second-order valence-electron chi connectivity index (χ2n) is 6.45. The smallest absolute Gasteiger partial charge is 0.419 e. The summed E-state index contributed by atoms with van der Waals surface area (Å²) in [6.07, 6.45) is -3.49. The number of nitrogens with two attached hydrogens (primary N) is 1. The van der Waals surface area contributed by atoms with Crippen molar-refractivity contribution in [3.05, 3.63) is 29.8 Å². The number of benzene rings is 1. The average molecular weight is 360 g/mol. The number of aliphatic hydroxyl groups excluding tert-OH is 1. The molecule has 0 heterocycles. The first-order valence-corrected chi connectivity index (χ1v) is 8.16. The van der Waals surface area contributed by atoms with E-state index in [1.54, 1.807) is 7.05 Å². The first-order valence-electron chi connectivity index (χ1n) is 8.16. The number of hydrogen-bond donors (Lipinski definition) is 2. The normalized spacial score (nSPS) is 21.8. The highest BCUT2D eigenvalue weighted by Crippen LogP contribution is 2.35. The fourth-order valence-electron chi connectivity index (χ4n) is 3.02. The molecule has 3 N–H and O–H groups in total. The van der Waals surface area contributed by atoms with Crippen molar-refractivity contribution >= 4 is 5.91 Å². The van der Waals surface area contributed by atoms with Crippen LogP contribution < -0.4 is 10.5 Å². The number of hydrogen-bond acceptors (Lipinski definition) is 4. The van der Waals surface area contributed by atoms with Crippen LogP contribution in [0.1, 0.15) is 24.8 Å². The molecule has 1 fully saturated rings. The zero-order valence-electron chi connectivity index (χ0n) is 14.0. The number of ether oxygens (including phenoxy) is 1. The third kappa shape index (κ3) is 5.34. The van der Waals surface area contributed by atoms with E-state index in [4.69, 9.17) is 10.5 Å². The molecule has 1 aromatic rings. The maximum atomic E-state index is 12.9. The first kappa shape index (κ1) is 19.5. The Morgan fingerprint density at radius 1 is 1.40 bits per heavy atom. The Labute approximate surface area is 144 Å². The number of halogens is 3. The largest absolute Gasteiger partial charge is 0.490 e. The van der Waals surface area contributed by atoms with E-state index in [9.17, 15) is 23.1 Å². The van der Waals surface area contributed by atoms with Gasteiger partial charge in [0.2, 0.25) is 5.91 Å². The van der Waals surface area contributed by atoms with Crippen LogP contribution in [-0.2, 0) is 11.0 Å². The zero-order valence-corrected chi connectivity index (χ0v) is 14.0. The summed E-state index contributed by atoms with van der Waals surface area (Å²) < 4.78 is 43.8. The molecule has 0 aromatic heterocycles. The van der Waals surface area contributed by atoms with Gasteiger partial charge in [-0.15, -0.1) is 0 Å². The molecule has 1 aliphatic rings. The van der Waals surface area contributed by atoms with Crippen molar-refractivity contribution < 1.29 is 27.8 Å². The fourth-order valence-corrected chi connectivity index (χ4v) is 3.02. The van der Waals surface area contributed by atoms with Gasteiger partial charge in [0, 0.05) is 25.6 Å². The van der Waals surface area contributed by atoms with Gasteiger partial charge >= 0.3 is 6.18 Å². The minimum atomic E-state index is -4.53. The van der Waals surface area contributed by atoms with E-state index in [0.717, 1.165) is 18.9 Å². The second-order valence-corrected chi connectivity index (χ2v) is 6.45. The lowest BCUT2D eigenvalue weighted by molar-refractivity contribution is -0.139. The van der Waals surface area contributed by atoms with E-state index in [-0.39, 0.29) is 36.8 Å². The summed E-state index contributed by atoms with van der Waals surface area (Å²) in [5, 5.41) is 9.99. The molecule has 0 radical (unpaired) electrons. The Morgan fingerprint density at radius 2 is 2.08 bits per heavy atom. The lowest BCUT2D eigenvalue weighted by Gasteiger charge is -2.24. The summed E-state index contributed by atoms with van der Waals surface area (Å²) in [6.45, 7) is -0.354. The molecule has 1 aliphatic carbocycles. The Balaban J connectivity index is 1.87. The Hall–Kier alpha value is -1.80. The van der Waals surface area contributed by atoms with E-state index < -0.39 is 17.8 Å². The molecule has 5 nitrogen and oxygen atoms in total. The molecule has 0 saturated heterocycles. The van der Waals surface area contributed by atoms with Crippen LogP contribution in [-0.4, -0.2) is 48.3 Å². The van der Waals surface area contributed by atoms with Crippen molar-refractivity contribution in [1.82, 2.24) is 4.90 Å². The maximum Gasteiger partial charge on any atom is 0.419 e. The Morgan fingerprint density at radius 3 is 2.68 bits per heavy atom. The number of para-hydroxylation sites is 1. The molecule has 1 amide bonds. The molecule has 25 heavy (non-hydrogen) atoms. The molecule has 2 rings (SSSR count). The van der Waals surface area contributed by atoms with Gasteiger partial charge in [0.1, 0.15) is 18.5 Å². The SMILES string of the molecule is CN(C[C@H](O)COc1ccccc1C(F)(F)F)C(=O)[C@@H]1CC[C@H](N)C1. The average Bonchev–Trinajstić information content (AvgIpc) is 2.98. The molecule has 3 atom stereocenters. The number of aliphatic hydroxyl groups is 1. The maximum absolute atomic E-state index is 12.9. The van der Waals surface area contributed by atoms with Gasteiger partial charge in [-0.1, -0.05) is 12.1 Å². The second kappa shape index (κ2) is 8.05. The van der Waals surface area contributed by atoms with Gasteiger partial charge in [-0.05, 0) is 31.4 Å². The van der Waals surface area contributed by atoms with Crippen molar-refractivity contribution in [3.8, 4) is 5.75 Å². The van der Waals surface area contributed by atoms with Crippen molar-refractivity contribution in [3.63, 3.8) is 0 Å². The third-order valence-electron chi connectivity index (χ3n) is 4.31. The van der Waals surface area contributed by atoms with E-state index in [1.807, 2.05) is 0 Å². The molecule has 0 aliphatic heterocycles. The Bertz CT molecular complexity index is 595. The number of likely N-dealkylation sites (N-methyl/N-ethyl adjacent to an activating group) is 1. The van der Waals surface area contributed by atoms with Crippen LogP contribution in [0.2, 0.25) is 0 Å². The lowest BCUT2D eigenvalue weighted by Crippen LogP contribution is -2.40. The van der Waals surface area contributed by atoms with Crippen LogP contribution in [0.5, 0.6) is 5.75 Å². The molecular weight excluding hydrogens is 337 g/mol. The van der Waals surface area contributed by atoms with Gasteiger partial charge in [-0.25, -0.2) is 0 Å². The molecule has 0 bridgehead atoms. The van der Waals surface area contributed by atoms with E-state index in [1.165, 1.54) is 23.1 Å². The molecule has 0 unspecified atom stereocenters. The number of nitrogens with zero attached hydrogens (tertiary/aromatic N) is 1. The minimum absolute atomic E-state index is 0.0151. The van der Waals surface area contributed by atoms with Gasteiger partial charge in [-0.2, -0.15) is 13.2 Å². The highest BCUT2D eigenvalue weighted by molar-refractivity contribution is 5.79. The quantitative estimate of drug-likeness (QED) is 0.814. The topological polar surface area (TPSA) is 75.8 Å². The van der Waals surface area contributed by atoms with Crippen LogP contribution in [0, 0.1) is 5.92 Å². The fraction of sp³-hybridized carbons (Fsp3) is 0.588. The number of carbonyl (C=O) groups is 1. The predicted octanol–water partition coefficient (Wildman–Crippen LogP) is 2.03. The van der Waals surface area contributed by atoms with Crippen LogP contribution in [0.3, 0.4) is 0 Å². The third-order valence-corrected chi connectivity index (χ3v) is 4.31. The number of carbonyl (C=O) groups excluding carboxylic acids is 1. The van der Waals surface area contributed by atoms with Crippen molar-refractivity contribution in [1.29, 1.82) is 0 Å². The van der Waals surface area contributed by atoms with Crippen LogP contribution in [0.25, 0.3) is 0 Å². The molecule has 1 aromatic carbocycles. The first-order chi connectivity index (χ1) is 11.7. The summed E-state index contributed by atoms with van der Waals surface area (Å²) in [4.78, 5) is 13.6. The van der Waals surface area contributed by atoms with E-state index in [0.29, 0.717) is 6.42 Å². The van der Waals surface area contributed by atoms with Gasteiger partial charge in [0.25, 0.3) is 0 Å². The zero-order chi connectivity index (χ0) is 18.6. The highest BCUT2D eigenvalue weighted by Gasteiger charge is 2.34. The van der Waals surface area contributed by atoms with Crippen molar-refractivity contribution in [2.24, 2.45) is 11.7 Å². The highest BCUT2D eigenvalue weighted by atomic mass is 19.4. The monoisotopic (exact) mass is 360 g/mol. The van der Waals surface area contributed by atoms with Crippen molar-refractivity contribution in [2.45, 2.75) is 37.6 Å². The summed E-state index contributed by atoms with van der Waals surface area (Å²) in [5.41, 5.74) is 4.90. The number of rotatable bonds is 6. The number of amides is 1. The number of alkyl halides is 3. The summed E-state index contributed by atoms with van der Waals surface area (Å²) >= 11 is 0. The van der Waals surface area contributed by atoms with E-state index >= 15 is 0 Å². The molecule has 1 saturated carbocycles. The van der Waals surface area contributed by atoms with Gasteiger partial charge in [-0.3, -0.25) is 4.79 Å². The Kier molecular flexibility index (Phi) is 6.29. The molecule has 8 heteroatoms. The van der Waals surface area contributed by atoms with Crippen LogP contribution in [0.15, 0.2) is 24.3 Å². The van der Waals surface area contributed by atoms with E-state index in [2.05, 4.69) is 0 Å². The van der Waals surface area contributed by atoms with Gasteiger partial charge < -0.3 is 20.5 Å². The van der Waals surface area contributed by atoms with Crippen LogP contribution >= 0.6 is 0 Å². The standard InChI is InChI=1S/C17H23F3N2O3/c1-22(16(24)11-6-7-12(21)8-11)9-13(23)10-25-15-5-3-2-4-14(15)17(18,19)20/h2-5,11-13,23H,6-10,21H2,1H3/t11-,12+,13+/m1/s1. The molecule has 0 spiro atoms. The summed E-state index contributed by atoms with van der Waals surface area (Å²) in [5.74, 6) is -0.605. The predicted molar refractivity (Wildman–Crippen MR) is 85.9 cm³/mol. The van der Waals surface area contributed by atoms with Gasteiger partial charge in [0.05, 0.1) is 5.56 Å². The lowest BCUT2D eigenvalue weighted by atomic mass is 10.1. The molecular formula is C17H23F3N2O3. The summed E-state index contributed by atoms with van der Waals surface area (Å²) in [6, 6.07) is 4.83. The minimum Gasteiger partial charge on any atom is -0.490 e. The summed E-state index contributed by atoms with van der Waals surface area (Å²) in [7, 11) is 1.55. The van der Waals surface area contributed by atoms with Gasteiger partial charge in [0.15, 0.2) is 0 Å². The van der Waals surface area contributed by atoms with Crippen molar-refractivity contribution in [2.75, 3.05) is 20.2 Å².